The van der Waals surface area contributed by atoms with Gasteiger partial charge >= 0.3 is 0 Å². The van der Waals surface area contributed by atoms with Crippen LogP contribution in [0.2, 0.25) is 0 Å². The first-order valence-electron chi connectivity index (χ1n) is 10.1. The normalized spacial score (nSPS) is 11.3. The number of aryl methyl sites for hydroxylation is 3. The van der Waals surface area contributed by atoms with E-state index in [9.17, 15) is 4.79 Å². The minimum atomic E-state index is -0.227. The van der Waals surface area contributed by atoms with E-state index >= 15 is 0 Å². The molecule has 0 unspecified atom stereocenters. The summed E-state index contributed by atoms with van der Waals surface area (Å²) in [5, 5.41) is 5.04. The number of benzene rings is 3. The van der Waals surface area contributed by atoms with E-state index in [2.05, 4.69) is 39.6 Å². The van der Waals surface area contributed by atoms with Crippen molar-refractivity contribution in [3.05, 3.63) is 94.0 Å². The molecule has 0 aliphatic heterocycles. The van der Waals surface area contributed by atoms with Gasteiger partial charge in [-0.05, 0) is 61.7 Å². The summed E-state index contributed by atoms with van der Waals surface area (Å²) in [6, 6.07) is 19.8. The van der Waals surface area contributed by atoms with Crippen molar-refractivity contribution in [3.8, 4) is 0 Å². The first kappa shape index (κ1) is 20.9. The van der Waals surface area contributed by atoms with Crippen molar-refractivity contribution in [2.45, 2.75) is 31.7 Å². The number of hydrogen-bond donors (Lipinski definition) is 2. The van der Waals surface area contributed by atoms with Gasteiger partial charge in [0, 0.05) is 16.9 Å². The highest BCUT2D eigenvalue weighted by Gasteiger charge is 2.07. The third kappa shape index (κ3) is 5.03. The fraction of sp³-hybridized carbons (Fsp3) is 0.160. The van der Waals surface area contributed by atoms with Crippen molar-refractivity contribution in [2.24, 2.45) is 5.10 Å². The summed E-state index contributed by atoms with van der Waals surface area (Å²) in [6.07, 6.45) is 1.71. The van der Waals surface area contributed by atoms with E-state index in [0.717, 1.165) is 44.2 Å². The molecule has 0 aliphatic rings. The van der Waals surface area contributed by atoms with Gasteiger partial charge in [0.15, 0.2) is 5.16 Å². The van der Waals surface area contributed by atoms with Gasteiger partial charge in [-0.1, -0.05) is 53.7 Å². The van der Waals surface area contributed by atoms with Crippen LogP contribution in [0.4, 0.5) is 0 Å². The van der Waals surface area contributed by atoms with Crippen molar-refractivity contribution in [1.82, 2.24) is 15.4 Å². The number of hydrogen-bond acceptors (Lipinski definition) is 4. The van der Waals surface area contributed by atoms with E-state index in [0.29, 0.717) is 5.56 Å². The number of aromatic nitrogens is 2. The van der Waals surface area contributed by atoms with Crippen LogP contribution in [0.15, 0.2) is 70.9 Å². The molecule has 1 heterocycles. The quantitative estimate of drug-likeness (QED) is 0.240. The van der Waals surface area contributed by atoms with Crippen LogP contribution < -0.4 is 5.43 Å². The molecule has 1 aromatic heterocycles. The van der Waals surface area contributed by atoms with Gasteiger partial charge in [-0.2, -0.15) is 5.10 Å². The molecule has 3 aromatic carbocycles. The Morgan fingerprint density at radius 1 is 1.06 bits per heavy atom. The first-order chi connectivity index (χ1) is 15.0. The molecule has 6 heteroatoms. The number of nitrogens with one attached hydrogen (secondary N) is 2. The fourth-order valence-corrected chi connectivity index (χ4v) is 4.36. The van der Waals surface area contributed by atoms with Gasteiger partial charge in [-0.15, -0.1) is 0 Å². The van der Waals surface area contributed by atoms with Crippen LogP contribution in [0, 0.1) is 20.8 Å². The van der Waals surface area contributed by atoms with Crippen LogP contribution in [0.1, 0.15) is 38.2 Å². The SMILES string of the molecule is Cc1cc(C)c(C=NNC(=O)c2ccc(CSc3nc4ccccc4[nH]3)cc2)c(C)c1. The Labute approximate surface area is 186 Å². The van der Waals surface area contributed by atoms with Crippen molar-refractivity contribution in [1.29, 1.82) is 0 Å². The monoisotopic (exact) mass is 428 g/mol. The molecular weight excluding hydrogens is 404 g/mol. The van der Waals surface area contributed by atoms with E-state index in [1.807, 2.05) is 62.4 Å². The summed E-state index contributed by atoms with van der Waals surface area (Å²) in [7, 11) is 0. The summed E-state index contributed by atoms with van der Waals surface area (Å²) < 4.78 is 0. The largest absolute Gasteiger partial charge is 0.333 e. The van der Waals surface area contributed by atoms with E-state index in [1.165, 1.54) is 5.56 Å². The summed E-state index contributed by atoms with van der Waals surface area (Å²) in [6.45, 7) is 6.16. The first-order valence-corrected chi connectivity index (χ1v) is 11.1. The molecule has 0 spiro atoms. The maximum Gasteiger partial charge on any atom is 0.271 e. The minimum absolute atomic E-state index is 0.227. The smallest absolute Gasteiger partial charge is 0.271 e. The molecule has 2 N–H and O–H groups in total. The number of carbonyl (C=O) groups is 1. The summed E-state index contributed by atoms with van der Waals surface area (Å²) >= 11 is 1.64. The minimum Gasteiger partial charge on any atom is -0.333 e. The Morgan fingerprint density at radius 3 is 2.48 bits per heavy atom. The Morgan fingerprint density at radius 2 is 1.77 bits per heavy atom. The highest BCUT2D eigenvalue weighted by atomic mass is 32.2. The lowest BCUT2D eigenvalue weighted by molar-refractivity contribution is 0.0955. The van der Waals surface area contributed by atoms with Gasteiger partial charge in [0.05, 0.1) is 17.2 Å². The number of imidazole rings is 1. The fourth-order valence-electron chi connectivity index (χ4n) is 3.52. The topological polar surface area (TPSA) is 70.1 Å². The zero-order chi connectivity index (χ0) is 21.8. The number of aromatic amines is 1. The number of hydrazone groups is 1. The highest BCUT2D eigenvalue weighted by Crippen LogP contribution is 2.23. The van der Waals surface area contributed by atoms with Crippen LogP contribution in [-0.4, -0.2) is 22.1 Å². The molecule has 1 amide bonds. The standard InChI is InChI=1S/C25H24N4OS/c1-16-12-17(2)21(18(3)13-16)14-26-29-24(30)20-10-8-19(9-11-20)15-31-25-27-22-6-4-5-7-23(22)28-25/h4-14H,15H2,1-3H3,(H,27,28)(H,29,30). The van der Waals surface area contributed by atoms with E-state index in [-0.39, 0.29) is 5.91 Å². The molecular formula is C25H24N4OS. The Hall–Kier alpha value is -3.38. The van der Waals surface area contributed by atoms with Crippen LogP contribution in [0.5, 0.6) is 0 Å². The average molecular weight is 429 g/mol. The number of thioether (sulfide) groups is 1. The van der Waals surface area contributed by atoms with Crippen molar-refractivity contribution in [3.63, 3.8) is 0 Å². The highest BCUT2D eigenvalue weighted by molar-refractivity contribution is 7.98. The zero-order valence-corrected chi connectivity index (χ0v) is 18.6. The predicted octanol–water partition coefficient (Wildman–Crippen LogP) is 5.54. The summed E-state index contributed by atoms with van der Waals surface area (Å²) in [5.74, 6) is 0.543. The summed E-state index contributed by atoms with van der Waals surface area (Å²) in [4.78, 5) is 20.3. The van der Waals surface area contributed by atoms with Crippen LogP contribution >= 0.6 is 11.8 Å². The van der Waals surface area contributed by atoms with Crippen LogP contribution in [-0.2, 0) is 5.75 Å². The molecule has 5 nitrogen and oxygen atoms in total. The molecule has 0 fully saturated rings. The molecule has 4 rings (SSSR count). The van der Waals surface area contributed by atoms with E-state index in [1.54, 1.807) is 18.0 Å². The molecule has 0 saturated carbocycles. The van der Waals surface area contributed by atoms with E-state index < -0.39 is 0 Å². The number of rotatable bonds is 6. The Kier molecular flexibility index (Phi) is 6.18. The molecule has 0 bridgehead atoms. The van der Waals surface area contributed by atoms with Crippen molar-refractivity contribution in [2.75, 3.05) is 0 Å². The van der Waals surface area contributed by atoms with Gasteiger partial charge in [-0.25, -0.2) is 10.4 Å². The third-order valence-corrected chi connectivity index (χ3v) is 6.00. The second kappa shape index (κ2) is 9.18. The lowest BCUT2D eigenvalue weighted by Crippen LogP contribution is -2.17. The molecule has 0 aliphatic carbocycles. The Bertz CT molecular complexity index is 1200. The number of carbonyl (C=O) groups excluding carboxylic acids is 1. The van der Waals surface area contributed by atoms with Gasteiger partial charge in [0.1, 0.15) is 0 Å². The number of amides is 1. The molecule has 0 saturated heterocycles. The number of nitrogens with zero attached hydrogens (tertiary/aromatic N) is 2. The van der Waals surface area contributed by atoms with Crippen molar-refractivity contribution >= 4 is 34.9 Å². The van der Waals surface area contributed by atoms with Crippen molar-refractivity contribution < 1.29 is 4.79 Å². The lowest BCUT2D eigenvalue weighted by atomic mass is 10.0. The predicted molar refractivity (Wildman–Crippen MR) is 128 cm³/mol. The second-order valence-electron chi connectivity index (χ2n) is 7.56. The maximum absolute atomic E-state index is 12.4. The molecule has 156 valence electrons. The third-order valence-electron chi connectivity index (χ3n) is 5.06. The lowest BCUT2D eigenvalue weighted by Gasteiger charge is -2.07. The zero-order valence-electron chi connectivity index (χ0n) is 17.8. The second-order valence-corrected chi connectivity index (χ2v) is 8.52. The van der Waals surface area contributed by atoms with Crippen LogP contribution in [0.3, 0.4) is 0 Å². The van der Waals surface area contributed by atoms with Gasteiger partial charge in [0.25, 0.3) is 5.91 Å². The van der Waals surface area contributed by atoms with Crippen LogP contribution in [0.25, 0.3) is 11.0 Å². The van der Waals surface area contributed by atoms with Gasteiger partial charge in [0.2, 0.25) is 0 Å². The Balaban J connectivity index is 1.34. The summed E-state index contributed by atoms with van der Waals surface area (Å²) in [5.41, 5.74) is 10.8. The average Bonchev–Trinajstić information content (AvgIpc) is 3.17. The maximum atomic E-state index is 12.4. The number of para-hydroxylation sites is 2. The molecule has 4 aromatic rings. The molecule has 0 radical (unpaired) electrons. The van der Waals surface area contributed by atoms with Gasteiger partial charge in [-0.3, -0.25) is 4.79 Å². The molecule has 0 atom stereocenters. The van der Waals surface area contributed by atoms with Gasteiger partial charge < -0.3 is 4.98 Å². The number of H-pyrrole nitrogens is 1. The number of fused-ring (bicyclic) bond motifs is 1. The molecule has 31 heavy (non-hydrogen) atoms. The van der Waals surface area contributed by atoms with E-state index in [4.69, 9.17) is 0 Å².